The minimum atomic E-state index is -3.27. The summed E-state index contributed by atoms with van der Waals surface area (Å²) in [5.74, 6) is 0.418. The van der Waals surface area contributed by atoms with Gasteiger partial charge in [-0.25, -0.2) is 8.42 Å². The van der Waals surface area contributed by atoms with Crippen LogP contribution in [-0.4, -0.2) is 39.1 Å². The largest absolute Gasteiger partial charge is 0.308 e. The molecule has 1 heterocycles. The molecule has 2 amide bonds. The first kappa shape index (κ1) is 23.0. The number of amides is 2. The molecule has 1 aliphatic rings. The molecule has 0 fully saturated rings. The van der Waals surface area contributed by atoms with Gasteiger partial charge < -0.3 is 9.80 Å². The summed E-state index contributed by atoms with van der Waals surface area (Å²) in [6, 6.07) is 12.3. The van der Waals surface area contributed by atoms with Crippen LogP contribution in [0.1, 0.15) is 40.5 Å². The quantitative estimate of drug-likeness (QED) is 0.693. The second-order valence-electron chi connectivity index (χ2n) is 8.67. The Kier molecular flexibility index (Phi) is 6.55. The van der Waals surface area contributed by atoms with E-state index in [0.717, 1.165) is 23.2 Å². The van der Waals surface area contributed by atoms with Crippen molar-refractivity contribution in [1.29, 1.82) is 0 Å². The van der Waals surface area contributed by atoms with Gasteiger partial charge in [0.05, 0.1) is 22.3 Å². The van der Waals surface area contributed by atoms with Crippen molar-refractivity contribution in [2.24, 2.45) is 5.92 Å². The normalized spacial score (nSPS) is 16.4. The van der Waals surface area contributed by atoms with Crippen LogP contribution in [0.15, 0.2) is 47.4 Å². The lowest BCUT2D eigenvalue weighted by molar-refractivity contribution is -0.120. The van der Waals surface area contributed by atoms with Gasteiger partial charge in [-0.1, -0.05) is 32.0 Å². The van der Waals surface area contributed by atoms with E-state index in [1.54, 1.807) is 34.1 Å². The van der Waals surface area contributed by atoms with Crippen molar-refractivity contribution < 1.29 is 18.0 Å². The standard InChI is InChI=1S/C24H30N2O4S/c1-16(2)6-13-24(28)25-15-17(3)26(18(4)27)22-12-9-20(14-23(22)25)19-7-10-21(11-8-19)31(5,29)30/h7-12,14,16-17H,6,13,15H2,1-5H3/t17-/m0/s1. The first-order valence-corrected chi connectivity index (χ1v) is 12.4. The highest BCUT2D eigenvalue weighted by molar-refractivity contribution is 7.90. The third-order valence-corrected chi connectivity index (χ3v) is 6.73. The van der Waals surface area contributed by atoms with Gasteiger partial charge in [-0.15, -0.1) is 0 Å². The van der Waals surface area contributed by atoms with E-state index < -0.39 is 9.84 Å². The molecule has 31 heavy (non-hydrogen) atoms. The van der Waals surface area contributed by atoms with Gasteiger partial charge in [0.15, 0.2) is 9.84 Å². The Morgan fingerprint density at radius 1 is 1.03 bits per heavy atom. The molecule has 7 heteroatoms. The molecule has 6 nitrogen and oxygen atoms in total. The summed E-state index contributed by atoms with van der Waals surface area (Å²) in [5.41, 5.74) is 3.14. The van der Waals surface area contributed by atoms with Gasteiger partial charge in [0.1, 0.15) is 0 Å². The van der Waals surface area contributed by atoms with Crippen molar-refractivity contribution in [2.45, 2.75) is 51.5 Å². The second kappa shape index (κ2) is 8.83. The zero-order chi connectivity index (χ0) is 22.9. The molecule has 2 aromatic carbocycles. The van der Waals surface area contributed by atoms with Gasteiger partial charge in [-0.2, -0.15) is 0 Å². The third-order valence-electron chi connectivity index (χ3n) is 5.60. The van der Waals surface area contributed by atoms with Crippen LogP contribution >= 0.6 is 0 Å². The molecule has 0 spiro atoms. The van der Waals surface area contributed by atoms with Gasteiger partial charge in [-0.3, -0.25) is 9.59 Å². The number of nitrogens with zero attached hydrogens (tertiary/aromatic N) is 2. The number of rotatable bonds is 5. The number of anilines is 2. The summed E-state index contributed by atoms with van der Waals surface area (Å²) in [4.78, 5) is 29.1. The van der Waals surface area contributed by atoms with Crippen LogP contribution in [0, 0.1) is 5.92 Å². The highest BCUT2D eigenvalue weighted by Crippen LogP contribution is 2.39. The molecule has 0 bridgehead atoms. The number of benzene rings is 2. The maximum absolute atomic E-state index is 13.0. The van der Waals surface area contributed by atoms with Crippen LogP contribution in [0.4, 0.5) is 11.4 Å². The summed E-state index contributed by atoms with van der Waals surface area (Å²) in [6.45, 7) is 8.12. The number of hydrogen-bond acceptors (Lipinski definition) is 4. The summed E-state index contributed by atoms with van der Waals surface area (Å²) in [5, 5.41) is 0. The van der Waals surface area contributed by atoms with E-state index in [1.165, 1.54) is 13.2 Å². The zero-order valence-electron chi connectivity index (χ0n) is 18.8. The smallest absolute Gasteiger partial charge is 0.227 e. The molecule has 1 atom stereocenters. The van der Waals surface area contributed by atoms with Crippen molar-refractivity contribution in [3.63, 3.8) is 0 Å². The van der Waals surface area contributed by atoms with Crippen LogP contribution in [0.25, 0.3) is 11.1 Å². The molecule has 0 saturated heterocycles. The van der Waals surface area contributed by atoms with Crippen LogP contribution in [0.3, 0.4) is 0 Å². The number of sulfone groups is 1. The Morgan fingerprint density at radius 3 is 2.19 bits per heavy atom. The molecule has 0 radical (unpaired) electrons. The predicted molar refractivity (Wildman–Crippen MR) is 124 cm³/mol. The lowest BCUT2D eigenvalue weighted by Gasteiger charge is -2.41. The molecule has 166 valence electrons. The van der Waals surface area contributed by atoms with Crippen molar-refractivity contribution in [3.8, 4) is 11.1 Å². The van der Waals surface area contributed by atoms with Crippen molar-refractivity contribution >= 4 is 33.0 Å². The average molecular weight is 443 g/mol. The molecule has 2 aromatic rings. The molecular weight excluding hydrogens is 412 g/mol. The molecular formula is C24H30N2O4S. The summed E-state index contributed by atoms with van der Waals surface area (Å²) < 4.78 is 23.5. The summed E-state index contributed by atoms with van der Waals surface area (Å²) in [7, 11) is -3.27. The lowest BCUT2D eigenvalue weighted by Crippen LogP contribution is -2.51. The topological polar surface area (TPSA) is 74.8 Å². The zero-order valence-corrected chi connectivity index (χ0v) is 19.6. The fourth-order valence-corrected chi connectivity index (χ4v) is 4.59. The fraction of sp³-hybridized carbons (Fsp3) is 0.417. The number of fused-ring (bicyclic) bond motifs is 1. The highest BCUT2D eigenvalue weighted by Gasteiger charge is 2.33. The number of hydrogen-bond donors (Lipinski definition) is 0. The van der Waals surface area contributed by atoms with E-state index >= 15 is 0 Å². The molecule has 0 unspecified atom stereocenters. The Hall–Kier alpha value is -2.67. The Bertz CT molecular complexity index is 1090. The van der Waals surface area contributed by atoms with E-state index in [4.69, 9.17) is 0 Å². The van der Waals surface area contributed by atoms with Gasteiger partial charge in [0.2, 0.25) is 11.8 Å². The monoisotopic (exact) mass is 442 g/mol. The Balaban J connectivity index is 2.04. The minimum Gasteiger partial charge on any atom is -0.308 e. The van der Waals surface area contributed by atoms with E-state index in [9.17, 15) is 18.0 Å². The number of carbonyl (C=O) groups is 2. The molecule has 0 N–H and O–H groups in total. The van der Waals surface area contributed by atoms with Crippen LogP contribution in [0.5, 0.6) is 0 Å². The summed E-state index contributed by atoms with van der Waals surface area (Å²) >= 11 is 0. The minimum absolute atomic E-state index is 0.0505. The van der Waals surface area contributed by atoms with Gasteiger partial charge >= 0.3 is 0 Å². The molecule has 0 saturated carbocycles. The van der Waals surface area contributed by atoms with Gasteiger partial charge in [0, 0.05) is 26.1 Å². The molecule has 0 aliphatic carbocycles. The van der Waals surface area contributed by atoms with E-state index in [1.807, 2.05) is 25.1 Å². The molecule has 1 aliphatic heterocycles. The average Bonchev–Trinajstić information content (AvgIpc) is 2.70. The van der Waals surface area contributed by atoms with Gasteiger partial charge in [0.25, 0.3) is 0 Å². The maximum Gasteiger partial charge on any atom is 0.227 e. The Morgan fingerprint density at radius 2 is 1.65 bits per heavy atom. The van der Waals surface area contributed by atoms with E-state index in [-0.39, 0.29) is 22.8 Å². The first-order chi connectivity index (χ1) is 14.5. The van der Waals surface area contributed by atoms with E-state index in [2.05, 4.69) is 13.8 Å². The van der Waals surface area contributed by atoms with Crippen molar-refractivity contribution in [3.05, 3.63) is 42.5 Å². The second-order valence-corrected chi connectivity index (χ2v) is 10.7. The van der Waals surface area contributed by atoms with Crippen molar-refractivity contribution in [1.82, 2.24) is 0 Å². The maximum atomic E-state index is 13.0. The highest BCUT2D eigenvalue weighted by atomic mass is 32.2. The van der Waals surface area contributed by atoms with Crippen LogP contribution in [-0.2, 0) is 19.4 Å². The van der Waals surface area contributed by atoms with Crippen molar-refractivity contribution in [2.75, 3.05) is 22.6 Å². The van der Waals surface area contributed by atoms with Crippen LogP contribution in [0.2, 0.25) is 0 Å². The summed E-state index contributed by atoms with van der Waals surface area (Å²) in [6.07, 6.45) is 2.44. The van der Waals surface area contributed by atoms with E-state index in [0.29, 0.717) is 24.6 Å². The SMILES string of the molecule is CC(=O)N1c2ccc(-c3ccc(S(C)(=O)=O)cc3)cc2N(C(=O)CCC(C)C)C[C@@H]1C. The third kappa shape index (κ3) is 4.98. The molecule has 0 aromatic heterocycles. The fourth-order valence-electron chi connectivity index (χ4n) is 3.96. The van der Waals surface area contributed by atoms with Crippen LogP contribution < -0.4 is 9.80 Å². The molecule has 3 rings (SSSR count). The Labute approximate surface area is 184 Å². The predicted octanol–water partition coefficient (Wildman–Crippen LogP) is 4.28. The first-order valence-electron chi connectivity index (χ1n) is 10.5. The number of carbonyl (C=O) groups excluding carboxylic acids is 2. The lowest BCUT2D eigenvalue weighted by atomic mass is 9.99. The van der Waals surface area contributed by atoms with Gasteiger partial charge in [-0.05, 0) is 54.7 Å².